The van der Waals surface area contributed by atoms with E-state index in [1.807, 2.05) is 0 Å². The Bertz CT molecular complexity index is 322. The molecule has 0 bridgehead atoms. The second-order valence-electron chi connectivity index (χ2n) is 9.16. The molecular formula is C22H49ClNO2Si+. The third kappa shape index (κ3) is 22.5. The van der Waals surface area contributed by atoms with Crippen LogP contribution in [-0.2, 0) is 0 Å². The number of nitrogens with zero attached hydrogens (tertiary/aromatic N) is 1. The van der Waals surface area contributed by atoms with E-state index in [1.54, 1.807) is 0 Å². The quantitative estimate of drug-likeness (QED) is 0.102. The summed E-state index contributed by atoms with van der Waals surface area (Å²) >= 11 is 5.58. The van der Waals surface area contributed by atoms with Gasteiger partial charge in [-0.25, -0.2) is 0 Å². The first-order valence-electron chi connectivity index (χ1n) is 11.7. The molecule has 0 aliphatic heterocycles. The number of halogens is 1. The summed E-state index contributed by atoms with van der Waals surface area (Å²) in [4.78, 5) is 18.7. The Morgan fingerprint density at radius 1 is 0.593 bits per heavy atom. The van der Waals surface area contributed by atoms with Gasteiger partial charge < -0.3 is 14.1 Å². The minimum atomic E-state index is -3.40. The molecule has 27 heavy (non-hydrogen) atoms. The molecule has 0 aromatic rings. The van der Waals surface area contributed by atoms with Crippen LogP contribution in [-0.4, -0.2) is 49.1 Å². The highest BCUT2D eigenvalue weighted by Gasteiger charge is 2.30. The van der Waals surface area contributed by atoms with Gasteiger partial charge in [0.1, 0.15) is 0 Å². The molecule has 0 aromatic heterocycles. The van der Waals surface area contributed by atoms with E-state index >= 15 is 0 Å². The Morgan fingerprint density at radius 2 is 0.926 bits per heavy atom. The Kier molecular flexibility index (Phi) is 17.5. The fraction of sp³-hybridized carbons (Fsp3) is 1.00. The van der Waals surface area contributed by atoms with Crippen molar-refractivity contribution in [3.8, 4) is 0 Å². The molecule has 3 nitrogen and oxygen atoms in total. The molecule has 5 heteroatoms. The SMILES string of the molecule is CCCCCCCCCCCCCCCCCC[N+](C)(C)CC[Si](O)(O)Cl. The lowest BCUT2D eigenvalue weighted by molar-refractivity contribution is -0.888. The maximum atomic E-state index is 9.34. The van der Waals surface area contributed by atoms with Crippen molar-refractivity contribution in [2.45, 2.75) is 116 Å². The number of quaternary nitrogens is 1. The van der Waals surface area contributed by atoms with Crippen molar-refractivity contribution in [1.29, 1.82) is 0 Å². The van der Waals surface area contributed by atoms with E-state index in [9.17, 15) is 9.59 Å². The molecule has 0 aliphatic rings. The summed E-state index contributed by atoms with van der Waals surface area (Å²) in [5, 5.41) is 0. The van der Waals surface area contributed by atoms with Crippen molar-refractivity contribution in [1.82, 2.24) is 0 Å². The van der Waals surface area contributed by atoms with Crippen LogP contribution >= 0.6 is 11.1 Å². The highest BCUT2D eigenvalue weighted by Crippen LogP contribution is 2.15. The second kappa shape index (κ2) is 17.3. The van der Waals surface area contributed by atoms with Gasteiger partial charge in [0.25, 0.3) is 0 Å². The summed E-state index contributed by atoms with van der Waals surface area (Å²) < 4.78 is 0.835. The molecule has 0 fully saturated rings. The minimum Gasteiger partial charge on any atom is -0.399 e. The van der Waals surface area contributed by atoms with Crippen LogP contribution in [0.5, 0.6) is 0 Å². The lowest BCUT2D eigenvalue weighted by Crippen LogP contribution is -2.44. The first-order valence-corrected chi connectivity index (χ1v) is 14.8. The Labute approximate surface area is 176 Å². The highest BCUT2D eigenvalue weighted by molar-refractivity contribution is 7.11. The molecule has 0 aromatic carbocycles. The van der Waals surface area contributed by atoms with Gasteiger partial charge in [0.2, 0.25) is 0 Å². The lowest BCUT2D eigenvalue weighted by atomic mass is 10.0. The third-order valence-electron chi connectivity index (χ3n) is 5.65. The molecule has 164 valence electrons. The molecule has 0 spiro atoms. The van der Waals surface area contributed by atoms with Crippen molar-refractivity contribution in [2.24, 2.45) is 0 Å². The highest BCUT2D eigenvalue weighted by atomic mass is 35.6. The molecule has 0 unspecified atom stereocenters. The predicted octanol–water partition coefficient (Wildman–Crippen LogP) is 6.49. The van der Waals surface area contributed by atoms with E-state index in [-0.39, 0.29) is 0 Å². The van der Waals surface area contributed by atoms with Crippen LogP contribution < -0.4 is 0 Å². The molecule has 0 saturated heterocycles. The van der Waals surface area contributed by atoms with Gasteiger partial charge in [0, 0.05) is 0 Å². The molecular weight excluding hydrogens is 374 g/mol. The molecule has 0 radical (unpaired) electrons. The molecule has 0 atom stereocenters. The van der Waals surface area contributed by atoms with Crippen molar-refractivity contribution < 1.29 is 14.1 Å². The van der Waals surface area contributed by atoms with E-state index < -0.39 is 7.87 Å². The van der Waals surface area contributed by atoms with E-state index in [4.69, 9.17) is 11.1 Å². The molecule has 0 aliphatic carbocycles. The van der Waals surface area contributed by atoms with Gasteiger partial charge in [-0.15, -0.1) is 0 Å². The second-order valence-corrected chi connectivity index (χ2v) is 12.9. The molecule has 0 amide bonds. The van der Waals surface area contributed by atoms with Gasteiger partial charge in [0.05, 0.1) is 33.2 Å². The Hall–Kier alpha value is 0.387. The van der Waals surface area contributed by atoms with Crippen LogP contribution in [0, 0.1) is 0 Å². The normalized spacial score (nSPS) is 12.7. The van der Waals surface area contributed by atoms with Crippen LogP contribution in [0.4, 0.5) is 0 Å². The standard InChI is InChI=1S/C22H49ClNO2Si/c1-4-5-6-7-8-9-10-11-12-13-14-15-16-17-18-19-20-24(2,3)21-22-27(23,25)26/h25-26H,4-22H2,1-3H3/q+1. The smallest absolute Gasteiger partial charge is 0.399 e. The number of hydrogen-bond donors (Lipinski definition) is 2. The molecule has 0 rings (SSSR count). The lowest BCUT2D eigenvalue weighted by Gasteiger charge is -2.30. The zero-order valence-corrected chi connectivity index (χ0v) is 20.4. The fourth-order valence-electron chi connectivity index (χ4n) is 3.64. The van der Waals surface area contributed by atoms with Crippen LogP contribution in [0.2, 0.25) is 6.04 Å². The van der Waals surface area contributed by atoms with Crippen LogP contribution in [0.25, 0.3) is 0 Å². The molecule has 0 heterocycles. The van der Waals surface area contributed by atoms with Gasteiger partial charge in [0.15, 0.2) is 0 Å². The summed E-state index contributed by atoms with van der Waals surface area (Å²) in [5.41, 5.74) is 0. The summed E-state index contributed by atoms with van der Waals surface area (Å²) in [5.74, 6) is 0. The van der Waals surface area contributed by atoms with Crippen molar-refractivity contribution in [2.75, 3.05) is 27.2 Å². The van der Waals surface area contributed by atoms with E-state index in [0.717, 1.165) is 17.6 Å². The predicted molar refractivity (Wildman–Crippen MR) is 122 cm³/mol. The van der Waals surface area contributed by atoms with Crippen LogP contribution in [0.3, 0.4) is 0 Å². The first-order chi connectivity index (χ1) is 12.8. The zero-order chi connectivity index (χ0) is 20.4. The van der Waals surface area contributed by atoms with Gasteiger partial charge in [-0.2, -0.15) is 0 Å². The summed E-state index contributed by atoms with van der Waals surface area (Å²) in [6, 6.07) is 0.348. The first kappa shape index (κ1) is 27.4. The monoisotopic (exact) mass is 422 g/mol. The summed E-state index contributed by atoms with van der Waals surface area (Å²) in [6.45, 7) is 4.13. The van der Waals surface area contributed by atoms with E-state index in [2.05, 4.69) is 21.0 Å². The largest absolute Gasteiger partial charge is 0.443 e. The number of unbranched alkanes of at least 4 members (excludes halogenated alkanes) is 15. The van der Waals surface area contributed by atoms with Gasteiger partial charge in [-0.05, 0) is 12.8 Å². The van der Waals surface area contributed by atoms with Crippen molar-refractivity contribution >= 4 is 18.9 Å². The summed E-state index contributed by atoms with van der Waals surface area (Å²) in [6.07, 6.45) is 22.3. The zero-order valence-electron chi connectivity index (χ0n) is 18.7. The van der Waals surface area contributed by atoms with Crippen molar-refractivity contribution in [3.63, 3.8) is 0 Å². The third-order valence-corrected chi connectivity index (χ3v) is 7.08. The number of rotatable bonds is 20. The topological polar surface area (TPSA) is 40.5 Å². The maximum Gasteiger partial charge on any atom is 0.443 e. The fourth-order valence-corrected chi connectivity index (χ4v) is 4.79. The average Bonchev–Trinajstić information content (AvgIpc) is 2.59. The van der Waals surface area contributed by atoms with Crippen LogP contribution in [0.15, 0.2) is 0 Å². The van der Waals surface area contributed by atoms with Gasteiger partial charge in [-0.3, -0.25) is 0 Å². The van der Waals surface area contributed by atoms with E-state index in [0.29, 0.717) is 6.04 Å². The Morgan fingerprint density at radius 3 is 1.26 bits per heavy atom. The average molecular weight is 423 g/mol. The molecule has 2 N–H and O–H groups in total. The van der Waals surface area contributed by atoms with Crippen molar-refractivity contribution in [3.05, 3.63) is 0 Å². The summed E-state index contributed by atoms with van der Waals surface area (Å²) in [7, 11) is 0.908. The van der Waals surface area contributed by atoms with Gasteiger partial charge in [-0.1, -0.05) is 108 Å². The van der Waals surface area contributed by atoms with Crippen LogP contribution in [0.1, 0.15) is 110 Å². The minimum absolute atomic E-state index is 0.348. The Balaban J connectivity index is 3.27. The van der Waals surface area contributed by atoms with Gasteiger partial charge >= 0.3 is 7.87 Å². The van der Waals surface area contributed by atoms with E-state index in [1.165, 1.54) is 103 Å². The number of hydrogen-bond acceptors (Lipinski definition) is 2. The maximum absolute atomic E-state index is 9.34. The molecule has 0 saturated carbocycles.